The Bertz CT molecular complexity index is 2020. The zero-order valence-electron chi connectivity index (χ0n) is 53.4. The molecule has 2 rings (SSSR count). The fourth-order valence-corrected chi connectivity index (χ4v) is 9.98. The third kappa shape index (κ3) is 40.3. The Morgan fingerprint density at radius 2 is 0.793 bits per heavy atom. The van der Waals surface area contributed by atoms with Crippen molar-refractivity contribution in [3.8, 4) is 0 Å². The highest BCUT2D eigenvalue weighted by atomic mass is 16.7. The Morgan fingerprint density at radius 3 is 1.20 bits per heavy atom. The standard InChI is InChI=1S/C73H119NO13/c1-3-5-7-9-11-13-15-17-19-20-21-22-23-24-25-26-27-28-29-30-31-32-33-34-35-36-37-38-39-40-41-42-43-45-47-49-51-53-55-57-65(78)74-61(62(77)56-54-52-50-48-46-44-18-16-14-12-10-8-6-4-2)60-84-72-70(83)68(81)71(64(59-76)86-72)87-73-69(82)67(80)66(79)63(58-75)85-73/h5,7,11,13,17,19,21-22,24-25,27-28,30-31,33-34,36-37,39-40,42-43,47,49,61-64,66-73,75-77,79-83H,3-4,6,8-10,12,14-16,18,20,23,26,29,32,35,38,41,44-46,48,50-60H2,1-2H3,(H,74,78)/b7-5-,13-11-,19-17-,22-21-,25-24-,28-27-,31-30-,34-33-,37-36-,40-39-,43-42-,49-47-. The van der Waals surface area contributed by atoms with E-state index < -0.39 is 86.8 Å². The summed E-state index contributed by atoms with van der Waals surface area (Å²) >= 11 is 0. The van der Waals surface area contributed by atoms with Crippen molar-refractivity contribution in [2.75, 3.05) is 19.8 Å². The van der Waals surface area contributed by atoms with Crippen LogP contribution in [0.25, 0.3) is 0 Å². The van der Waals surface area contributed by atoms with Crippen LogP contribution in [0.4, 0.5) is 0 Å². The molecule has 2 saturated heterocycles. The molecule has 2 aliphatic rings. The summed E-state index contributed by atoms with van der Waals surface area (Å²) in [6, 6.07) is -0.863. The minimum Gasteiger partial charge on any atom is -0.394 e. The van der Waals surface area contributed by atoms with E-state index in [0.29, 0.717) is 12.8 Å². The van der Waals surface area contributed by atoms with Crippen molar-refractivity contribution in [1.29, 1.82) is 0 Å². The molecule has 2 fully saturated rings. The van der Waals surface area contributed by atoms with Crippen molar-refractivity contribution < 1.29 is 64.6 Å². The van der Waals surface area contributed by atoms with Crippen LogP contribution in [-0.4, -0.2) is 140 Å². The molecule has 1 amide bonds. The lowest BCUT2D eigenvalue weighted by Crippen LogP contribution is -2.65. The number of carbonyl (C=O) groups is 1. The van der Waals surface area contributed by atoms with Gasteiger partial charge < -0.3 is 65.1 Å². The van der Waals surface area contributed by atoms with Gasteiger partial charge in [-0.15, -0.1) is 0 Å². The molecule has 494 valence electrons. The van der Waals surface area contributed by atoms with Gasteiger partial charge in [0.25, 0.3) is 0 Å². The second-order valence-corrected chi connectivity index (χ2v) is 22.9. The maximum Gasteiger partial charge on any atom is 0.220 e. The minimum absolute atomic E-state index is 0.239. The second-order valence-electron chi connectivity index (χ2n) is 22.9. The SMILES string of the molecule is CC/C=C\C/C=C\C/C=C\C/C=C\C/C=C\C/C=C\C/C=C\C/C=C\C/C=C\C/C=C\C/C=C\C/C=C\CCCCC(=O)NC(COC1OC(CO)C(OC2OC(CO)C(O)C(O)C2O)C(O)C1O)C(O)CCCCCCCCCCCCCCCC. The molecule has 2 aliphatic heterocycles. The number of allylic oxidation sites excluding steroid dienone is 24. The van der Waals surface area contributed by atoms with E-state index in [-0.39, 0.29) is 18.9 Å². The number of unbranched alkanes of at least 4 members (excludes halogenated alkanes) is 15. The molecule has 0 aromatic rings. The van der Waals surface area contributed by atoms with Gasteiger partial charge in [-0.05, 0) is 103 Å². The molecule has 0 radical (unpaired) electrons. The Hall–Kier alpha value is -4.13. The molecule has 12 atom stereocenters. The highest BCUT2D eigenvalue weighted by Crippen LogP contribution is 2.30. The van der Waals surface area contributed by atoms with Crippen LogP contribution in [0.2, 0.25) is 0 Å². The number of amides is 1. The number of ether oxygens (including phenoxy) is 4. The first-order chi connectivity index (χ1) is 42.6. The number of aliphatic hydroxyl groups is 8. The van der Waals surface area contributed by atoms with E-state index >= 15 is 0 Å². The van der Waals surface area contributed by atoms with Gasteiger partial charge in [-0.2, -0.15) is 0 Å². The zero-order chi connectivity index (χ0) is 63.1. The van der Waals surface area contributed by atoms with Crippen molar-refractivity contribution >= 4 is 5.91 Å². The fourth-order valence-electron chi connectivity index (χ4n) is 9.98. The number of hydrogen-bond acceptors (Lipinski definition) is 13. The molecule has 0 bridgehead atoms. The van der Waals surface area contributed by atoms with Crippen LogP contribution >= 0.6 is 0 Å². The first-order valence-electron chi connectivity index (χ1n) is 33.6. The quantitative estimate of drug-likeness (QED) is 0.0204. The van der Waals surface area contributed by atoms with Crippen molar-refractivity contribution in [3.05, 3.63) is 146 Å². The van der Waals surface area contributed by atoms with Crippen molar-refractivity contribution in [2.45, 2.75) is 286 Å². The molecule has 0 aliphatic carbocycles. The van der Waals surface area contributed by atoms with Crippen LogP contribution < -0.4 is 5.32 Å². The van der Waals surface area contributed by atoms with E-state index in [0.717, 1.165) is 116 Å². The Balaban J connectivity index is 1.67. The monoisotopic (exact) mass is 1220 g/mol. The number of hydrogen-bond donors (Lipinski definition) is 9. The van der Waals surface area contributed by atoms with E-state index in [4.69, 9.17) is 18.9 Å². The summed E-state index contributed by atoms with van der Waals surface area (Å²) in [4.78, 5) is 13.3. The molecule has 2 heterocycles. The predicted octanol–water partition coefficient (Wildman–Crippen LogP) is 13.3. The molecule has 12 unspecified atom stereocenters. The normalized spacial score (nSPS) is 24.3. The highest BCUT2D eigenvalue weighted by molar-refractivity contribution is 5.76. The van der Waals surface area contributed by atoms with Crippen LogP contribution in [0, 0.1) is 0 Å². The largest absolute Gasteiger partial charge is 0.394 e. The van der Waals surface area contributed by atoms with E-state index in [1.54, 1.807) is 0 Å². The van der Waals surface area contributed by atoms with Crippen molar-refractivity contribution in [3.63, 3.8) is 0 Å². The van der Waals surface area contributed by atoms with Crippen molar-refractivity contribution in [2.24, 2.45) is 0 Å². The van der Waals surface area contributed by atoms with E-state index in [2.05, 4.69) is 165 Å². The number of carbonyl (C=O) groups excluding carboxylic acids is 1. The molecular formula is C73H119NO13. The van der Waals surface area contributed by atoms with Gasteiger partial charge in [0, 0.05) is 6.42 Å². The molecule has 0 aromatic heterocycles. The van der Waals surface area contributed by atoms with Crippen LogP contribution in [0.5, 0.6) is 0 Å². The topological polar surface area (TPSA) is 228 Å². The summed E-state index contributed by atoms with van der Waals surface area (Å²) in [6.45, 7) is 2.70. The third-order valence-electron chi connectivity index (χ3n) is 15.3. The maximum absolute atomic E-state index is 13.3. The summed E-state index contributed by atoms with van der Waals surface area (Å²) in [6.07, 6.45) is 67.2. The fraction of sp³-hybridized carbons (Fsp3) is 0.658. The van der Waals surface area contributed by atoms with Crippen LogP contribution in [0.15, 0.2) is 146 Å². The zero-order valence-corrected chi connectivity index (χ0v) is 53.4. The lowest BCUT2D eigenvalue weighted by atomic mass is 9.97. The average molecular weight is 1220 g/mol. The van der Waals surface area contributed by atoms with E-state index in [1.165, 1.54) is 64.2 Å². The molecule has 14 nitrogen and oxygen atoms in total. The smallest absolute Gasteiger partial charge is 0.220 e. The van der Waals surface area contributed by atoms with Gasteiger partial charge in [-0.1, -0.05) is 250 Å². The first-order valence-corrected chi connectivity index (χ1v) is 33.6. The number of aliphatic hydroxyl groups excluding tert-OH is 8. The van der Waals surface area contributed by atoms with E-state index in [9.17, 15) is 45.6 Å². The maximum atomic E-state index is 13.3. The molecule has 0 spiro atoms. The lowest BCUT2D eigenvalue weighted by Gasteiger charge is -2.46. The summed E-state index contributed by atoms with van der Waals surface area (Å²) < 4.78 is 22.8. The number of nitrogens with one attached hydrogen (secondary N) is 1. The minimum atomic E-state index is -1.79. The second kappa shape index (κ2) is 55.9. The first kappa shape index (κ1) is 79.0. The van der Waals surface area contributed by atoms with Gasteiger partial charge in [-0.25, -0.2) is 0 Å². The third-order valence-corrected chi connectivity index (χ3v) is 15.3. The number of rotatable bonds is 52. The molecule has 14 heteroatoms. The molecule has 87 heavy (non-hydrogen) atoms. The van der Waals surface area contributed by atoms with E-state index in [1.807, 2.05) is 0 Å². The summed E-state index contributed by atoms with van der Waals surface area (Å²) in [5.74, 6) is -0.255. The van der Waals surface area contributed by atoms with Crippen LogP contribution in [-0.2, 0) is 23.7 Å². The summed E-state index contributed by atoms with van der Waals surface area (Å²) in [5.41, 5.74) is 0. The molecule has 9 N–H and O–H groups in total. The highest BCUT2D eigenvalue weighted by Gasteiger charge is 2.51. The Kier molecular flexibility index (Phi) is 50.7. The summed E-state index contributed by atoms with van der Waals surface area (Å²) in [5, 5.41) is 87.3. The predicted molar refractivity (Wildman–Crippen MR) is 354 cm³/mol. The summed E-state index contributed by atoms with van der Waals surface area (Å²) in [7, 11) is 0. The van der Waals surface area contributed by atoms with Gasteiger partial charge >= 0.3 is 0 Å². The lowest BCUT2D eigenvalue weighted by molar-refractivity contribution is -0.359. The molecule has 0 saturated carbocycles. The average Bonchev–Trinajstić information content (AvgIpc) is 2.05. The van der Waals surface area contributed by atoms with Crippen LogP contribution in [0.3, 0.4) is 0 Å². The molecular weight excluding hydrogens is 1100 g/mol. The van der Waals surface area contributed by atoms with Crippen molar-refractivity contribution in [1.82, 2.24) is 5.32 Å². The van der Waals surface area contributed by atoms with Gasteiger partial charge in [0.1, 0.15) is 48.8 Å². The van der Waals surface area contributed by atoms with Gasteiger partial charge in [0.05, 0.1) is 32.0 Å². The van der Waals surface area contributed by atoms with Gasteiger partial charge in [-0.3, -0.25) is 4.79 Å². The van der Waals surface area contributed by atoms with Crippen LogP contribution in [0.1, 0.15) is 213 Å². The molecule has 0 aromatic carbocycles. The Labute approximate surface area is 525 Å². The Morgan fingerprint density at radius 1 is 0.425 bits per heavy atom. The van der Waals surface area contributed by atoms with Gasteiger partial charge in [0.15, 0.2) is 12.6 Å². The van der Waals surface area contributed by atoms with Gasteiger partial charge in [0.2, 0.25) is 5.91 Å².